The van der Waals surface area contributed by atoms with Gasteiger partial charge in [-0.2, -0.15) is 0 Å². The summed E-state index contributed by atoms with van der Waals surface area (Å²) in [6, 6.07) is 14.3. The van der Waals surface area contributed by atoms with Gasteiger partial charge >= 0.3 is 0 Å². The van der Waals surface area contributed by atoms with Crippen LogP contribution in [0.15, 0.2) is 48.5 Å². The second-order valence-corrected chi connectivity index (χ2v) is 11.0. The van der Waals surface area contributed by atoms with Crippen LogP contribution in [-0.2, 0) is 26.0 Å². The van der Waals surface area contributed by atoms with E-state index in [1.165, 1.54) is 4.90 Å². The first-order valence-electron chi connectivity index (χ1n) is 12.2. The molecule has 0 aromatic heterocycles. The quantitative estimate of drug-likeness (QED) is 0.479. The summed E-state index contributed by atoms with van der Waals surface area (Å²) in [7, 11) is -3.73. The summed E-state index contributed by atoms with van der Waals surface area (Å²) >= 11 is 0. The van der Waals surface area contributed by atoms with Gasteiger partial charge < -0.3 is 10.2 Å². The molecule has 2 amide bonds. The van der Waals surface area contributed by atoms with Gasteiger partial charge in [-0.3, -0.25) is 13.9 Å². The van der Waals surface area contributed by atoms with Gasteiger partial charge in [-0.25, -0.2) is 8.42 Å². The lowest BCUT2D eigenvalue weighted by atomic mass is 10.1. The molecule has 0 saturated carbocycles. The molecule has 0 spiro atoms. The molecule has 35 heavy (non-hydrogen) atoms. The number of hydrogen-bond donors (Lipinski definition) is 1. The second kappa shape index (κ2) is 12.7. The minimum absolute atomic E-state index is 0.0225. The Morgan fingerprint density at radius 1 is 0.971 bits per heavy atom. The molecular formula is C27H39N3O4S. The van der Waals surface area contributed by atoms with E-state index >= 15 is 0 Å². The number of sulfonamides is 1. The van der Waals surface area contributed by atoms with Gasteiger partial charge in [-0.05, 0) is 68.9 Å². The lowest BCUT2D eigenvalue weighted by Crippen LogP contribution is -2.54. The average molecular weight is 502 g/mol. The maximum Gasteiger partial charge on any atom is 0.244 e. The predicted octanol–water partition coefficient (Wildman–Crippen LogP) is 3.83. The molecule has 192 valence electrons. The smallest absolute Gasteiger partial charge is 0.244 e. The van der Waals surface area contributed by atoms with Crippen LogP contribution in [0, 0.1) is 13.8 Å². The molecule has 0 aliphatic rings. The van der Waals surface area contributed by atoms with Gasteiger partial charge in [0.25, 0.3) is 0 Å². The number of rotatable bonds is 12. The van der Waals surface area contributed by atoms with Gasteiger partial charge in [0.15, 0.2) is 0 Å². The molecule has 1 N–H and O–H groups in total. The third-order valence-electron chi connectivity index (χ3n) is 6.33. The number of aryl methyl sites for hydroxylation is 2. The maximum atomic E-state index is 13.6. The molecule has 2 aromatic rings. The van der Waals surface area contributed by atoms with Crippen molar-refractivity contribution in [2.45, 2.75) is 66.0 Å². The molecule has 0 aliphatic carbocycles. The minimum atomic E-state index is -3.73. The van der Waals surface area contributed by atoms with Crippen LogP contribution in [0.5, 0.6) is 0 Å². The molecule has 7 nitrogen and oxygen atoms in total. The summed E-state index contributed by atoms with van der Waals surface area (Å²) < 4.78 is 26.5. The molecule has 2 atom stereocenters. The lowest BCUT2D eigenvalue weighted by molar-refractivity contribution is -0.139. The van der Waals surface area contributed by atoms with Crippen molar-refractivity contribution < 1.29 is 18.0 Å². The molecule has 0 bridgehead atoms. The molecule has 8 heteroatoms. The third kappa shape index (κ3) is 8.09. The summed E-state index contributed by atoms with van der Waals surface area (Å²) in [6.07, 6.45) is 2.85. The molecule has 0 aliphatic heterocycles. The zero-order valence-corrected chi connectivity index (χ0v) is 22.6. The van der Waals surface area contributed by atoms with Gasteiger partial charge in [-0.15, -0.1) is 0 Å². The number of benzene rings is 2. The van der Waals surface area contributed by atoms with Gasteiger partial charge in [0.2, 0.25) is 21.8 Å². The fraction of sp³-hybridized carbons (Fsp3) is 0.481. The van der Waals surface area contributed by atoms with Crippen LogP contribution in [0.3, 0.4) is 0 Å². The van der Waals surface area contributed by atoms with Crippen LogP contribution >= 0.6 is 0 Å². The Morgan fingerprint density at radius 2 is 1.63 bits per heavy atom. The topological polar surface area (TPSA) is 86.8 Å². The van der Waals surface area contributed by atoms with E-state index in [2.05, 4.69) is 5.32 Å². The Labute approximate surface area is 210 Å². The highest BCUT2D eigenvalue weighted by molar-refractivity contribution is 7.92. The van der Waals surface area contributed by atoms with E-state index in [9.17, 15) is 18.0 Å². The first kappa shape index (κ1) is 28.4. The van der Waals surface area contributed by atoms with Crippen molar-refractivity contribution in [3.05, 3.63) is 65.2 Å². The second-order valence-electron chi connectivity index (χ2n) is 9.10. The zero-order chi connectivity index (χ0) is 26.2. The molecular weight excluding hydrogens is 462 g/mol. The molecule has 2 rings (SSSR count). The van der Waals surface area contributed by atoms with E-state index in [0.29, 0.717) is 25.1 Å². The zero-order valence-electron chi connectivity index (χ0n) is 21.7. The number of carbonyl (C=O) groups is 2. The Bertz CT molecular complexity index is 1100. The largest absolute Gasteiger partial charge is 0.352 e. The molecule has 0 saturated heterocycles. The van der Waals surface area contributed by atoms with Crippen LogP contribution in [0.25, 0.3) is 0 Å². The summed E-state index contributed by atoms with van der Waals surface area (Å²) in [5.41, 5.74) is 3.44. The molecule has 0 unspecified atom stereocenters. The van der Waals surface area contributed by atoms with Crippen LogP contribution in [-0.4, -0.2) is 56.6 Å². The fourth-order valence-electron chi connectivity index (χ4n) is 3.83. The summed E-state index contributed by atoms with van der Waals surface area (Å²) in [4.78, 5) is 28.3. The van der Waals surface area contributed by atoms with Gasteiger partial charge in [0.1, 0.15) is 12.6 Å². The molecule has 0 radical (unpaired) electrons. The average Bonchev–Trinajstić information content (AvgIpc) is 2.81. The van der Waals surface area contributed by atoms with Crippen LogP contribution in [0.1, 0.15) is 50.3 Å². The fourth-order valence-corrected chi connectivity index (χ4v) is 4.67. The monoisotopic (exact) mass is 501 g/mol. The van der Waals surface area contributed by atoms with Gasteiger partial charge in [0, 0.05) is 12.6 Å². The Kier molecular flexibility index (Phi) is 10.3. The van der Waals surface area contributed by atoms with Crippen molar-refractivity contribution in [2.24, 2.45) is 0 Å². The van der Waals surface area contributed by atoms with Crippen molar-refractivity contribution in [1.82, 2.24) is 10.2 Å². The minimum Gasteiger partial charge on any atom is -0.352 e. The van der Waals surface area contributed by atoms with E-state index in [0.717, 1.165) is 33.7 Å². The Balaban J connectivity index is 2.38. The molecule has 0 heterocycles. The number of hydrogen-bond acceptors (Lipinski definition) is 4. The number of anilines is 1. The highest BCUT2D eigenvalue weighted by atomic mass is 32.2. The van der Waals surface area contributed by atoms with Crippen LogP contribution in [0.2, 0.25) is 0 Å². The van der Waals surface area contributed by atoms with Gasteiger partial charge in [0.05, 0.1) is 11.9 Å². The predicted molar refractivity (Wildman–Crippen MR) is 142 cm³/mol. The van der Waals surface area contributed by atoms with Crippen LogP contribution in [0.4, 0.5) is 5.69 Å². The maximum absolute atomic E-state index is 13.6. The number of nitrogens with one attached hydrogen (secondary N) is 1. The summed E-state index contributed by atoms with van der Waals surface area (Å²) in [5.74, 6) is -0.629. The van der Waals surface area contributed by atoms with Crippen LogP contribution < -0.4 is 9.62 Å². The van der Waals surface area contributed by atoms with E-state index in [4.69, 9.17) is 0 Å². The Hall–Kier alpha value is -2.87. The van der Waals surface area contributed by atoms with Crippen molar-refractivity contribution in [3.8, 4) is 0 Å². The molecule has 0 fully saturated rings. The highest BCUT2D eigenvalue weighted by Crippen LogP contribution is 2.22. The standard InChI is InChI=1S/C27H39N3O4S/c1-7-22(5)28-27(32)25(8-2)29(17-16-23-12-10-9-11-13-23)26(31)19-30(35(6,33)34)24-15-14-20(3)21(4)18-24/h9-15,18,22,25H,7-8,16-17,19H2,1-6H3,(H,28,32)/t22-,25+/m0/s1. The SMILES string of the molecule is CC[C@H](C(=O)N[C@@H](C)CC)N(CCc1ccccc1)C(=O)CN(c1ccc(C)c(C)c1)S(C)(=O)=O. The van der Waals surface area contributed by atoms with E-state index in [-0.39, 0.29) is 18.5 Å². The van der Waals surface area contributed by atoms with E-state index in [1.807, 2.05) is 71.0 Å². The van der Waals surface area contributed by atoms with E-state index < -0.39 is 22.0 Å². The van der Waals surface area contributed by atoms with Crippen molar-refractivity contribution in [1.29, 1.82) is 0 Å². The van der Waals surface area contributed by atoms with E-state index in [1.54, 1.807) is 12.1 Å². The highest BCUT2D eigenvalue weighted by Gasteiger charge is 2.31. The first-order valence-corrected chi connectivity index (χ1v) is 14.0. The number of carbonyl (C=O) groups excluding carboxylic acids is 2. The first-order chi connectivity index (χ1) is 16.5. The van der Waals surface area contributed by atoms with Crippen molar-refractivity contribution in [3.63, 3.8) is 0 Å². The number of amides is 2. The third-order valence-corrected chi connectivity index (χ3v) is 7.47. The summed E-state index contributed by atoms with van der Waals surface area (Å²) in [5, 5.41) is 2.98. The van der Waals surface area contributed by atoms with Crippen molar-refractivity contribution in [2.75, 3.05) is 23.7 Å². The summed E-state index contributed by atoms with van der Waals surface area (Å²) in [6.45, 7) is 9.55. The van der Waals surface area contributed by atoms with Crippen molar-refractivity contribution >= 4 is 27.5 Å². The lowest BCUT2D eigenvalue weighted by Gasteiger charge is -2.33. The Morgan fingerprint density at radius 3 is 2.17 bits per heavy atom. The molecule has 2 aromatic carbocycles. The normalized spacial score (nSPS) is 13.1. The number of nitrogens with zero attached hydrogens (tertiary/aromatic N) is 2. The van der Waals surface area contributed by atoms with Gasteiger partial charge in [-0.1, -0.05) is 50.2 Å².